The van der Waals surface area contributed by atoms with Gasteiger partial charge < -0.3 is 5.73 Å². The van der Waals surface area contributed by atoms with Crippen LogP contribution in [-0.4, -0.2) is 52.2 Å². The van der Waals surface area contributed by atoms with Gasteiger partial charge in [0.1, 0.15) is 6.17 Å². The van der Waals surface area contributed by atoms with Crippen LogP contribution in [0.25, 0.3) is 11.6 Å². The van der Waals surface area contributed by atoms with E-state index in [9.17, 15) is 18.4 Å². The van der Waals surface area contributed by atoms with Gasteiger partial charge in [0.2, 0.25) is 6.43 Å². The topological polar surface area (TPSA) is 84.1 Å². The van der Waals surface area contributed by atoms with E-state index in [0.717, 1.165) is 12.8 Å². The van der Waals surface area contributed by atoms with Crippen LogP contribution in [0.1, 0.15) is 38.6 Å². The molecular formula is C19H25F3N4O2. The van der Waals surface area contributed by atoms with Crippen LogP contribution in [0.2, 0.25) is 0 Å². The summed E-state index contributed by atoms with van der Waals surface area (Å²) in [6.07, 6.45) is -0.618. The Bertz CT molecular complexity index is 998. The molecule has 1 saturated carbocycles. The van der Waals surface area contributed by atoms with Crippen molar-refractivity contribution in [2.75, 3.05) is 13.1 Å². The Hall–Kier alpha value is -1.87. The van der Waals surface area contributed by atoms with E-state index in [4.69, 9.17) is 5.73 Å². The lowest BCUT2D eigenvalue weighted by Crippen LogP contribution is -2.60. The van der Waals surface area contributed by atoms with Gasteiger partial charge in [0, 0.05) is 25.0 Å². The Morgan fingerprint density at radius 2 is 2.00 bits per heavy atom. The number of hydrogen-bond donors (Lipinski definition) is 2. The first-order valence-electron chi connectivity index (χ1n) is 9.77. The molecule has 1 aromatic rings. The minimum atomic E-state index is -2.46. The van der Waals surface area contributed by atoms with Crippen molar-refractivity contribution < 1.29 is 13.2 Å². The number of aromatic nitrogens is 2. The van der Waals surface area contributed by atoms with Gasteiger partial charge in [0.05, 0.1) is 16.6 Å². The Labute approximate surface area is 159 Å². The molecule has 0 radical (unpaired) electrons. The molecule has 1 aromatic heterocycles. The molecule has 3 aliphatic rings. The van der Waals surface area contributed by atoms with E-state index in [1.54, 1.807) is 11.5 Å². The standard InChI is InChI=1S/C19H25F3N4O2/c1-9-16-12(18(27)24-19(28)26(16)11-2-3-11)6-13(20)17(9)25-5-4-10(8-25)14(23)7-15(21)22/h6,10-11,13-15,17H,2-5,7-8,23H2,1H3,(H,24,27,28). The highest BCUT2D eigenvalue weighted by Gasteiger charge is 2.39. The molecule has 0 amide bonds. The summed E-state index contributed by atoms with van der Waals surface area (Å²) < 4.78 is 42.0. The summed E-state index contributed by atoms with van der Waals surface area (Å²) in [5.41, 5.74) is 5.53. The zero-order chi connectivity index (χ0) is 20.2. The highest BCUT2D eigenvalue weighted by atomic mass is 19.3. The van der Waals surface area contributed by atoms with Crippen molar-refractivity contribution in [2.45, 2.75) is 63.3 Å². The molecule has 2 aliphatic carbocycles. The molecular weight excluding hydrogens is 373 g/mol. The van der Waals surface area contributed by atoms with E-state index >= 15 is 4.39 Å². The number of hydrogen-bond acceptors (Lipinski definition) is 4. The number of nitrogens with one attached hydrogen (secondary N) is 1. The lowest BCUT2D eigenvalue weighted by molar-refractivity contribution is 0.117. The molecule has 9 heteroatoms. The van der Waals surface area contributed by atoms with Gasteiger partial charge in [0.15, 0.2) is 0 Å². The Morgan fingerprint density at radius 1 is 1.29 bits per heavy atom. The molecule has 1 saturated heterocycles. The van der Waals surface area contributed by atoms with Gasteiger partial charge in [-0.25, -0.2) is 18.0 Å². The Balaban J connectivity index is 1.72. The Kier molecular flexibility index (Phi) is 4.99. The van der Waals surface area contributed by atoms with Crippen LogP contribution < -0.4 is 27.6 Å². The van der Waals surface area contributed by atoms with Crippen LogP contribution in [0, 0.1) is 5.92 Å². The molecule has 2 fully saturated rings. The summed E-state index contributed by atoms with van der Waals surface area (Å²) in [5, 5.41) is 0.716. The molecule has 4 unspecified atom stereocenters. The number of alkyl halides is 3. The first-order chi connectivity index (χ1) is 13.3. The van der Waals surface area contributed by atoms with E-state index in [-0.39, 0.29) is 23.6 Å². The molecule has 4 rings (SSSR count). The summed E-state index contributed by atoms with van der Waals surface area (Å²) in [5.74, 6) is -0.125. The van der Waals surface area contributed by atoms with Gasteiger partial charge in [-0.3, -0.25) is 19.2 Å². The fourth-order valence-corrected chi connectivity index (χ4v) is 4.72. The van der Waals surface area contributed by atoms with Gasteiger partial charge in [-0.2, -0.15) is 0 Å². The smallest absolute Gasteiger partial charge is 0.327 e. The van der Waals surface area contributed by atoms with Crippen LogP contribution in [0.4, 0.5) is 13.2 Å². The van der Waals surface area contributed by atoms with Gasteiger partial charge >= 0.3 is 5.69 Å². The molecule has 154 valence electrons. The van der Waals surface area contributed by atoms with E-state index in [2.05, 4.69) is 4.98 Å². The molecule has 0 bridgehead atoms. The number of halogens is 3. The van der Waals surface area contributed by atoms with Gasteiger partial charge in [0.25, 0.3) is 5.56 Å². The summed E-state index contributed by atoms with van der Waals surface area (Å²) in [6.45, 7) is 2.73. The summed E-state index contributed by atoms with van der Waals surface area (Å²) >= 11 is 0. The van der Waals surface area contributed by atoms with Crippen molar-refractivity contribution >= 4 is 11.6 Å². The summed E-state index contributed by atoms with van der Waals surface area (Å²) in [4.78, 5) is 28.8. The largest absolute Gasteiger partial charge is 0.329 e. The summed E-state index contributed by atoms with van der Waals surface area (Å²) in [7, 11) is 0. The maximum atomic E-state index is 15.1. The normalized spacial score (nSPS) is 29.1. The third-order valence-corrected chi connectivity index (χ3v) is 6.24. The number of rotatable bonds is 5. The SMILES string of the molecule is CC1=c2c(c(=O)[nH]c(=O)n2C2CC2)=CC(F)C1N1CCC(C(N)CC(F)F)C1. The number of nitrogens with zero attached hydrogens (tertiary/aromatic N) is 2. The molecule has 0 spiro atoms. The van der Waals surface area contributed by atoms with Crippen molar-refractivity contribution in [1.82, 2.24) is 14.5 Å². The molecule has 1 aliphatic heterocycles. The van der Waals surface area contributed by atoms with Crippen molar-refractivity contribution in [2.24, 2.45) is 11.7 Å². The Morgan fingerprint density at radius 3 is 2.64 bits per heavy atom. The minimum Gasteiger partial charge on any atom is -0.327 e. The molecule has 0 aromatic carbocycles. The first-order valence-corrected chi connectivity index (χ1v) is 9.77. The van der Waals surface area contributed by atoms with E-state index in [0.29, 0.717) is 30.4 Å². The first kappa shape index (κ1) is 19.4. The maximum absolute atomic E-state index is 15.1. The monoisotopic (exact) mass is 398 g/mol. The lowest BCUT2D eigenvalue weighted by Gasteiger charge is -2.33. The molecule has 2 heterocycles. The maximum Gasteiger partial charge on any atom is 0.329 e. The lowest BCUT2D eigenvalue weighted by atomic mass is 9.95. The second kappa shape index (κ2) is 7.18. The van der Waals surface area contributed by atoms with E-state index in [1.165, 1.54) is 6.08 Å². The molecule has 28 heavy (non-hydrogen) atoms. The van der Waals surface area contributed by atoms with Gasteiger partial charge in [-0.05, 0) is 50.3 Å². The number of H-pyrrole nitrogens is 1. The van der Waals surface area contributed by atoms with Crippen molar-refractivity contribution in [3.8, 4) is 0 Å². The third kappa shape index (κ3) is 3.34. The average molecular weight is 398 g/mol. The number of fused-ring (bicyclic) bond motifs is 1. The quantitative estimate of drug-likeness (QED) is 0.723. The average Bonchev–Trinajstić information content (AvgIpc) is 3.32. The number of aromatic amines is 1. The van der Waals surface area contributed by atoms with Gasteiger partial charge in [-0.1, -0.05) is 0 Å². The predicted molar refractivity (Wildman–Crippen MR) is 99.4 cm³/mol. The van der Waals surface area contributed by atoms with Crippen molar-refractivity contribution in [3.05, 3.63) is 31.4 Å². The third-order valence-electron chi connectivity index (χ3n) is 6.24. The zero-order valence-corrected chi connectivity index (χ0v) is 15.7. The van der Waals surface area contributed by atoms with E-state index in [1.807, 2.05) is 4.90 Å². The zero-order valence-electron chi connectivity index (χ0n) is 15.7. The van der Waals surface area contributed by atoms with E-state index < -0.39 is 35.9 Å². The molecule has 6 nitrogen and oxygen atoms in total. The van der Waals surface area contributed by atoms with Crippen LogP contribution in [-0.2, 0) is 0 Å². The second-order valence-electron chi connectivity index (χ2n) is 8.20. The van der Waals surface area contributed by atoms with Crippen LogP contribution in [0.3, 0.4) is 0 Å². The molecule has 3 N–H and O–H groups in total. The molecule has 4 atom stereocenters. The van der Waals surface area contributed by atoms with Crippen molar-refractivity contribution in [1.29, 1.82) is 0 Å². The number of nitrogens with two attached hydrogens (primary N) is 1. The fourth-order valence-electron chi connectivity index (χ4n) is 4.72. The number of likely N-dealkylation sites (tertiary alicyclic amines) is 1. The van der Waals surface area contributed by atoms with Crippen LogP contribution in [0.5, 0.6) is 0 Å². The summed E-state index contributed by atoms with van der Waals surface area (Å²) in [6, 6.07) is -1.22. The van der Waals surface area contributed by atoms with Crippen molar-refractivity contribution in [3.63, 3.8) is 0 Å². The fraction of sp³-hybridized carbons (Fsp3) is 0.684. The van der Waals surface area contributed by atoms with Gasteiger partial charge in [-0.15, -0.1) is 0 Å². The van der Waals surface area contributed by atoms with Crippen LogP contribution in [0.15, 0.2) is 9.59 Å². The predicted octanol–water partition coefficient (Wildman–Crippen LogP) is -0.153. The second-order valence-corrected chi connectivity index (χ2v) is 8.20. The highest BCUT2D eigenvalue weighted by molar-refractivity contribution is 5.56. The van der Waals surface area contributed by atoms with Crippen LogP contribution >= 0.6 is 0 Å². The minimum absolute atomic E-state index is 0.0315. The highest BCUT2D eigenvalue weighted by Crippen LogP contribution is 2.33.